The van der Waals surface area contributed by atoms with Crippen molar-refractivity contribution in [3.05, 3.63) is 57.2 Å². The first-order chi connectivity index (χ1) is 11.1. The van der Waals surface area contributed by atoms with Crippen molar-refractivity contribution in [3.8, 4) is 22.8 Å². The van der Waals surface area contributed by atoms with Crippen LogP contribution in [0.3, 0.4) is 0 Å². The van der Waals surface area contributed by atoms with Crippen LogP contribution in [0.2, 0.25) is 0 Å². The van der Waals surface area contributed by atoms with Crippen LogP contribution in [0.5, 0.6) is 0 Å². The van der Waals surface area contributed by atoms with E-state index < -0.39 is 5.82 Å². The molecule has 1 heterocycles. The van der Waals surface area contributed by atoms with Crippen molar-refractivity contribution in [1.82, 2.24) is 14.8 Å². The third-order valence-corrected chi connectivity index (χ3v) is 4.37. The van der Waals surface area contributed by atoms with Crippen molar-refractivity contribution in [2.45, 2.75) is 6.54 Å². The van der Waals surface area contributed by atoms with Crippen molar-refractivity contribution < 1.29 is 9.50 Å². The van der Waals surface area contributed by atoms with Gasteiger partial charge in [-0.2, -0.15) is 0 Å². The second kappa shape index (κ2) is 6.90. The summed E-state index contributed by atoms with van der Waals surface area (Å²) in [7, 11) is 0. The van der Waals surface area contributed by atoms with E-state index in [1.165, 1.54) is 6.07 Å². The van der Waals surface area contributed by atoms with Gasteiger partial charge in [0.1, 0.15) is 5.82 Å². The molecule has 1 N–H and O–H groups in total. The fraction of sp³-hybridized carbons (Fsp3) is 0.125. The van der Waals surface area contributed by atoms with Crippen molar-refractivity contribution >= 4 is 31.9 Å². The fourth-order valence-corrected chi connectivity index (χ4v) is 2.89. The number of halogens is 3. The predicted molar refractivity (Wildman–Crippen MR) is 93.3 cm³/mol. The molecule has 0 fully saturated rings. The maximum atomic E-state index is 14.2. The predicted octanol–water partition coefficient (Wildman–Crippen LogP) is 4.27. The molecular formula is C16H12Br2FN3O. The van der Waals surface area contributed by atoms with Crippen LogP contribution in [0, 0.1) is 5.82 Å². The Hall–Kier alpha value is -1.57. The molecule has 0 saturated carbocycles. The minimum Gasteiger partial charge on any atom is -0.395 e. The molecule has 0 spiro atoms. The Morgan fingerprint density at radius 1 is 0.957 bits per heavy atom. The smallest absolute Gasteiger partial charge is 0.167 e. The zero-order valence-electron chi connectivity index (χ0n) is 11.9. The van der Waals surface area contributed by atoms with Gasteiger partial charge in [-0.05, 0) is 30.3 Å². The lowest BCUT2D eigenvalue weighted by atomic mass is 10.2. The SMILES string of the molecule is OCCn1c(-c2ccc(Br)cc2)nnc1-c1ccc(Br)cc1F. The average molecular weight is 441 g/mol. The Morgan fingerprint density at radius 2 is 1.61 bits per heavy atom. The molecule has 3 rings (SSSR count). The summed E-state index contributed by atoms with van der Waals surface area (Å²) >= 11 is 6.63. The van der Waals surface area contributed by atoms with Gasteiger partial charge in [-0.1, -0.05) is 44.0 Å². The highest BCUT2D eigenvalue weighted by atomic mass is 79.9. The average Bonchev–Trinajstić information content (AvgIpc) is 2.92. The van der Waals surface area contributed by atoms with Crippen LogP contribution in [0.25, 0.3) is 22.8 Å². The first kappa shape index (κ1) is 16.3. The maximum absolute atomic E-state index is 14.2. The summed E-state index contributed by atoms with van der Waals surface area (Å²) in [6, 6.07) is 12.3. The van der Waals surface area contributed by atoms with Crippen molar-refractivity contribution in [2.75, 3.05) is 6.61 Å². The van der Waals surface area contributed by atoms with Gasteiger partial charge in [0.05, 0.1) is 12.2 Å². The van der Waals surface area contributed by atoms with Gasteiger partial charge in [0.15, 0.2) is 11.6 Å². The number of aliphatic hydroxyl groups is 1. The van der Waals surface area contributed by atoms with Crippen LogP contribution in [0.15, 0.2) is 51.4 Å². The molecule has 118 valence electrons. The first-order valence-electron chi connectivity index (χ1n) is 6.85. The third kappa shape index (κ3) is 3.36. The number of aliphatic hydroxyl groups excluding tert-OH is 1. The molecule has 0 aliphatic heterocycles. The van der Waals surface area contributed by atoms with Crippen LogP contribution in [-0.2, 0) is 6.54 Å². The van der Waals surface area contributed by atoms with E-state index in [0.717, 1.165) is 10.0 Å². The molecule has 2 aromatic carbocycles. The van der Waals surface area contributed by atoms with Crippen molar-refractivity contribution in [1.29, 1.82) is 0 Å². The number of hydrogen-bond acceptors (Lipinski definition) is 3. The quantitative estimate of drug-likeness (QED) is 0.659. The summed E-state index contributed by atoms with van der Waals surface area (Å²) in [6.07, 6.45) is 0. The Morgan fingerprint density at radius 3 is 2.26 bits per heavy atom. The highest BCUT2D eigenvalue weighted by molar-refractivity contribution is 9.10. The largest absolute Gasteiger partial charge is 0.395 e. The minimum absolute atomic E-state index is 0.0906. The normalized spacial score (nSPS) is 11.0. The summed E-state index contributed by atoms with van der Waals surface area (Å²) in [6.45, 7) is 0.190. The summed E-state index contributed by atoms with van der Waals surface area (Å²) in [5.41, 5.74) is 1.19. The van der Waals surface area contributed by atoms with E-state index in [1.54, 1.807) is 16.7 Å². The molecule has 0 aliphatic rings. The van der Waals surface area contributed by atoms with Crippen molar-refractivity contribution in [2.24, 2.45) is 0 Å². The number of hydrogen-bond donors (Lipinski definition) is 1. The highest BCUT2D eigenvalue weighted by Gasteiger charge is 2.18. The summed E-state index contributed by atoms with van der Waals surface area (Å²) in [5.74, 6) is 0.583. The Kier molecular flexibility index (Phi) is 4.89. The van der Waals surface area contributed by atoms with Gasteiger partial charge in [-0.25, -0.2) is 4.39 Å². The molecule has 0 unspecified atom stereocenters. The third-order valence-electron chi connectivity index (χ3n) is 3.35. The monoisotopic (exact) mass is 439 g/mol. The summed E-state index contributed by atoms with van der Waals surface area (Å²) in [5, 5.41) is 17.7. The van der Waals surface area contributed by atoms with E-state index in [2.05, 4.69) is 42.1 Å². The molecule has 0 aliphatic carbocycles. The number of benzene rings is 2. The molecule has 0 radical (unpaired) electrons. The molecule has 0 atom stereocenters. The van der Waals surface area contributed by atoms with Gasteiger partial charge in [0.2, 0.25) is 0 Å². The second-order valence-electron chi connectivity index (χ2n) is 4.85. The molecule has 0 saturated heterocycles. The second-order valence-corrected chi connectivity index (χ2v) is 6.68. The standard InChI is InChI=1S/C16H12Br2FN3O/c17-11-3-1-10(2-4-11)15-20-21-16(22(15)7-8-23)13-6-5-12(18)9-14(13)19/h1-6,9,23H,7-8H2. The maximum Gasteiger partial charge on any atom is 0.167 e. The van der Waals surface area contributed by atoms with E-state index in [0.29, 0.717) is 21.7 Å². The topological polar surface area (TPSA) is 50.9 Å². The van der Waals surface area contributed by atoms with Crippen molar-refractivity contribution in [3.63, 3.8) is 0 Å². The van der Waals surface area contributed by atoms with E-state index in [1.807, 2.05) is 24.3 Å². The van der Waals surface area contributed by atoms with Gasteiger partial charge < -0.3 is 9.67 Å². The van der Waals surface area contributed by atoms with Gasteiger partial charge in [0, 0.05) is 21.1 Å². The molecule has 0 amide bonds. The van der Waals surface area contributed by atoms with Gasteiger partial charge in [-0.3, -0.25) is 0 Å². The first-order valence-corrected chi connectivity index (χ1v) is 8.44. The molecule has 23 heavy (non-hydrogen) atoms. The Bertz CT molecular complexity index is 834. The zero-order chi connectivity index (χ0) is 16.4. The lowest BCUT2D eigenvalue weighted by Gasteiger charge is -2.10. The van der Waals surface area contributed by atoms with Crippen LogP contribution < -0.4 is 0 Å². The van der Waals surface area contributed by atoms with Crippen LogP contribution in [-0.4, -0.2) is 26.5 Å². The van der Waals surface area contributed by atoms with Gasteiger partial charge in [-0.15, -0.1) is 10.2 Å². The van der Waals surface area contributed by atoms with E-state index in [4.69, 9.17) is 0 Å². The molecule has 4 nitrogen and oxygen atoms in total. The molecule has 1 aromatic heterocycles. The zero-order valence-corrected chi connectivity index (χ0v) is 15.1. The van der Waals surface area contributed by atoms with Gasteiger partial charge >= 0.3 is 0 Å². The number of rotatable bonds is 4. The van der Waals surface area contributed by atoms with E-state index >= 15 is 0 Å². The molecule has 7 heteroatoms. The lowest BCUT2D eigenvalue weighted by molar-refractivity contribution is 0.277. The fourth-order valence-electron chi connectivity index (χ4n) is 2.30. The van der Waals surface area contributed by atoms with Crippen LogP contribution in [0.4, 0.5) is 4.39 Å². The molecule has 3 aromatic rings. The Labute approximate surface area is 149 Å². The summed E-state index contributed by atoms with van der Waals surface area (Å²) in [4.78, 5) is 0. The van der Waals surface area contributed by atoms with E-state index in [9.17, 15) is 9.50 Å². The molecule has 0 bridgehead atoms. The Balaban J connectivity index is 2.13. The van der Waals surface area contributed by atoms with Crippen LogP contribution >= 0.6 is 31.9 Å². The van der Waals surface area contributed by atoms with E-state index in [-0.39, 0.29) is 13.2 Å². The number of nitrogens with zero attached hydrogens (tertiary/aromatic N) is 3. The lowest BCUT2D eigenvalue weighted by Crippen LogP contribution is -2.07. The summed E-state index contributed by atoms with van der Waals surface area (Å²) < 4.78 is 17.6. The molecular weight excluding hydrogens is 429 g/mol. The minimum atomic E-state index is -0.395. The highest BCUT2D eigenvalue weighted by Crippen LogP contribution is 2.28. The van der Waals surface area contributed by atoms with Gasteiger partial charge in [0.25, 0.3) is 0 Å². The number of aromatic nitrogens is 3. The van der Waals surface area contributed by atoms with Crippen LogP contribution in [0.1, 0.15) is 0 Å².